The van der Waals surface area contributed by atoms with E-state index in [1.54, 1.807) is 18.2 Å². The van der Waals surface area contributed by atoms with Crippen molar-refractivity contribution in [1.82, 2.24) is 0 Å². The molecule has 5 heteroatoms. The van der Waals surface area contributed by atoms with E-state index in [2.05, 4.69) is 20.7 Å². The zero-order valence-corrected chi connectivity index (χ0v) is 11.8. The number of carbonyl (C=O) groups is 2. The first kappa shape index (κ1) is 14.2. The molecule has 0 saturated carbocycles. The van der Waals surface area contributed by atoms with Crippen molar-refractivity contribution < 1.29 is 14.3 Å². The summed E-state index contributed by atoms with van der Waals surface area (Å²) in [6.07, 6.45) is 0. The molecule has 0 amide bonds. The van der Waals surface area contributed by atoms with Crippen molar-refractivity contribution >= 4 is 39.3 Å². The Morgan fingerprint density at radius 2 is 2.12 bits per heavy atom. The third-order valence-electron chi connectivity index (χ3n) is 2.33. The van der Waals surface area contributed by atoms with E-state index in [-0.39, 0.29) is 16.5 Å². The molecule has 0 saturated heterocycles. The molecule has 0 aliphatic carbocycles. The number of ether oxygens (including phenoxy) is 1. The largest absolute Gasteiger partial charge is 0.465 e. The van der Waals surface area contributed by atoms with Gasteiger partial charge in [0.05, 0.1) is 17.5 Å². The molecule has 1 aromatic carbocycles. The van der Waals surface area contributed by atoms with Gasteiger partial charge in [-0.05, 0) is 24.1 Å². The number of methoxy groups -OCH3 is 1. The number of alkyl halides is 2. The first-order valence-electron chi connectivity index (χ1n) is 4.93. The van der Waals surface area contributed by atoms with E-state index in [1.165, 1.54) is 14.0 Å². The minimum Gasteiger partial charge on any atom is -0.465 e. The highest BCUT2D eigenvalue weighted by molar-refractivity contribution is 9.09. The molecule has 1 atom stereocenters. The normalized spacial score (nSPS) is 12.0. The summed E-state index contributed by atoms with van der Waals surface area (Å²) in [6, 6.07) is 5.07. The summed E-state index contributed by atoms with van der Waals surface area (Å²) in [6.45, 7) is 1.49. The number of Topliss-reactive ketones (excluding diaryl/α,β-unsaturated/α-hetero) is 1. The lowest BCUT2D eigenvalue weighted by Crippen LogP contribution is -2.07. The van der Waals surface area contributed by atoms with Gasteiger partial charge in [-0.25, -0.2) is 4.79 Å². The second-order valence-electron chi connectivity index (χ2n) is 3.52. The molecule has 17 heavy (non-hydrogen) atoms. The van der Waals surface area contributed by atoms with Crippen LogP contribution in [0.3, 0.4) is 0 Å². The minimum absolute atomic E-state index is 0.00339. The zero-order chi connectivity index (χ0) is 13.0. The van der Waals surface area contributed by atoms with Gasteiger partial charge in [0.25, 0.3) is 0 Å². The Kier molecular flexibility index (Phi) is 5.15. The fraction of sp³-hybridized carbons (Fsp3) is 0.333. The Morgan fingerprint density at radius 1 is 1.47 bits per heavy atom. The van der Waals surface area contributed by atoms with Crippen LogP contribution in [0.1, 0.15) is 33.2 Å². The maximum Gasteiger partial charge on any atom is 0.338 e. The zero-order valence-electron chi connectivity index (χ0n) is 9.50. The molecule has 1 rings (SSSR count). The van der Waals surface area contributed by atoms with Crippen LogP contribution in [-0.4, -0.2) is 18.9 Å². The van der Waals surface area contributed by atoms with Gasteiger partial charge in [-0.1, -0.05) is 28.1 Å². The highest BCUT2D eigenvalue weighted by Crippen LogP contribution is 2.26. The average Bonchev–Trinajstić information content (AvgIpc) is 2.35. The van der Waals surface area contributed by atoms with Crippen LogP contribution in [0.4, 0.5) is 0 Å². The molecule has 0 heterocycles. The number of hydrogen-bond donors (Lipinski definition) is 0. The van der Waals surface area contributed by atoms with Gasteiger partial charge in [-0.15, -0.1) is 11.6 Å². The predicted octanol–water partition coefficient (Wildman–Crippen LogP) is 3.24. The maximum absolute atomic E-state index is 11.4. The third kappa shape index (κ3) is 3.30. The molecule has 1 unspecified atom stereocenters. The van der Waals surface area contributed by atoms with Crippen molar-refractivity contribution in [2.24, 2.45) is 0 Å². The monoisotopic (exact) mass is 318 g/mol. The van der Waals surface area contributed by atoms with Crippen molar-refractivity contribution in [3.63, 3.8) is 0 Å². The summed E-state index contributed by atoms with van der Waals surface area (Å²) in [5.41, 5.74) is 1.86. The van der Waals surface area contributed by atoms with Crippen LogP contribution in [0.25, 0.3) is 0 Å². The number of ketones is 1. The fourth-order valence-corrected chi connectivity index (χ4v) is 1.93. The fourth-order valence-electron chi connectivity index (χ4n) is 1.43. The highest BCUT2D eigenvalue weighted by atomic mass is 79.9. The van der Waals surface area contributed by atoms with Crippen LogP contribution in [0.15, 0.2) is 18.2 Å². The van der Waals surface area contributed by atoms with Crippen LogP contribution in [0.5, 0.6) is 0 Å². The molecule has 92 valence electrons. The van der Waals surface area contributed by atoms with E-state index in [9.17, 15) is 9.59 Å². The molecule has 0 aliphatic heterocycles. The van der Waals surface area contributed by atoms with Crippen LogP contribution >= 0.6 is 27.5 Å². The van der Waals surface area contributed by atoms with E-state index < -0.39 is 5.97 Å². The first-order valence-corrected chi connectivity index (χ1v) is 6.38. The summed E-state index contributed by atoms with van der Waals surface area (Å²) in [4.78, 5) is 22.3. The van der Waals surface area contributed by atoms with Crippen LogP contribution in [0.2, 0.25) is 0 Å². The van der Waals surface area contributed by atoms with Gasteiger partial charge in [-0.3, -0.25) is 4.79 Å². The lowest BCUT2D eigenvalue weighted by atomic mass is 10.0. The van der Waals surface area contributed by atoms with E-state index in [0.717, 1.165) is 5.56 Å². The Labute approximate surface area is 113 Å². The highest BCUT2D eigenvalue weighted by Gasteiger charge is 2.17. The lowest BCUT2D eigenvalue weighted by Gasteiger charge is -2.10. The Balaban J connectivity index is 3.17. The standard InChI is InChI=1S/C12H12BrClO3/c1-7(15)11(13)8-3-4-10(12(16)17-2)9(5-8)6-14/h3-5,11H,6H2,1-2H3. The van der Waals surface area contributed by atoms with Gasteiger partial charge in [0, 0.05) is 5.88 Å². The van der Waals surface area contributed by atoms with Gasteiger partial charge in [0.1, 0.15) is 5.78 Å². The molecule has 0 bridgehead atoms. The Morgan fingerprint density at radius 3 is 2.59 bits per heavy atom. The Hall–Kier alpha value is -0.870. The molecule has 3 nitrogen and oxygen atoms in total. The van der Waals surface area contributed by atoms with E-state index in [4.69, 9.17) is 11.6 Å². The van der Waals surface area contributed by atoms with Gasteiger partial charge in [0.15, 0.2) is 0 Å². The van der Waals surface area contributed by atoms with Gasteiger partial charge in [0.2, 0.25) is 0 Å². The number of hydrogen-bond acceptors (Lipinski definition) is 3. The number of halogens is 2. The number of carbonyl (C=O) groups excluding carboxylic acids is 2. The van der Waals surface area contributed by atoms with E-state index in [0.29, 0.717) is 11.1 Å². The molecule has 0 aromatic heterocycles. The average molecular weight is 320 g/mol. The summed E-state index contributed by atoms with van der Waals surface area (Å²) >= 11 is 9.06. The Bertz CT molecular complexity index is 445. The third-order valence-corrected chi connectivity index (χ3v) is 3.79. The van der Waals surface area contributed by atoms with Crippen LogP contribution < -0.4 is 0 Å². The smallest absolute Gasteiger partial charge is 0.338 e. The quantitative estimate of drug-likeness (QED) is 0.632. The first-order chi connectivity index (χ1) is 8.01. The SMILES string of the molecule is COC(=O)c1ccc(C(Br)C(C)=O)cc1CCl. The molecule has 0 radical (unpaired) electrons. The molecule has 0 fully saturated rings. The maximum atomic E-state index is 11.4. The summed E-state index contributed by atoms with van der Waals surface area (Å²) < 4.78 is 4.65. The second kappa shape index (κ2) is 6.17. The molecule has 0 N–H and O–H groups in total. The van der Waals surface area contributed by atoms with Gasteiger partial charge >= 0.3 is 5.97 Å². The van der Waals surface area contributed by atoms with Crippen molar-refractivity contribution in [3.8, 4) is 0 Å². The van der Waals surface area contributed by atoms with Gasteiger partial charge < -0.3 is 4.74 Å². The second-order valence-corrected chi connectivity index (χ2v) is 4.70. The predicted molar refractivity (Wildman–Crippen MR) is 69.7 cm³/mol. The minimum atomic E-state index is -0.429. The topological polar surface area (TPSA) is 43.4 Å². The lowest BCUT2D eigenvalue weighted by molar-refractivity contribution is -0.116. The summed E-state index contributed by atoms with van der Waals surface area (Å²) in [5.74, 6) is -0.243. The van der Waals surface area contributed by atoms with Gasteiger partial charge in [-0.2, -0.15) is 0 Å². The molecule has 1 aromatic rings. The van der Waals surface area contributed by atoms with Crippen LogP contribution in [-0.2, 0) is 15.4 Å². The van der Waals surface area contributed by atoms with E-state index >= 15 is 0 Å². The van der Waals surface area contributed by atoms with E-state index in [1.807, 2.05) is 0 Å². The van der Waals surface area contributed by atoms with Crippen LogP contribution in [0, 0.1) is 0 Å². The summed E-state index contributed by atoms with van der Waals surface area (Å²) in [7, 11) is 1.32. The molecule has 0 spiro atoms. The van der Waals surface area contributed by atoms with Crippen molar-refractivity contribution in [1.29, 1.82) is 0 Å². The summed E-state index contributed by atoms with van der Waals surface area (Å²) in [5, 5.41) is 0. The number of esters is 1. The molecular formula is C12H12BrClO3. The number of benzene rings is 1. The van der Waals surface area contributed by atoms with Crippen molar-refractivity contribution in [3.05, 3.63) is 34.9 Å². The molecular weight excluding hydrogens is 307 g/mol. The van der Waals surface area contributed by atoms with Crippen molar-refractivity contribution in [2.45, 2.75) is 17.6 Å². The number of rotatable bonds is 4. The van der Waals surface area contributed by atoms with Crippen molar-refractivity contribution in [2.75, 3.05) is 7.11 Å². The molecule has 0 aliphatic rings.